The number of likely N-dealkylation sites (N-methyl/N-ethyl adjacent to an activating group) is 2. The summed E-state index contributed by atoms with van der Waals surface area (Å²) in [5.74, 6) is -0.804. The third-order valence-corrected chi connectivity index (χ3v) is 7.08. The van der Waals surface area contributed by atoms with E-state index in [0.717, 1.165) is 16.7 Å². The summed E-state index contributed by atoms with van der Waals surface area (Å²) in [6, 6.07) is 4.66. The predicted molar refractivity (Wildman–Crippen MR) is 155 cm³/mol. The van der Waals surface area contributed by atoms with Gasteiger partial charge in [0.05, 0.1) is 18.7 Å². The van der Waals surface area contributed by atoms with Gasteiger partial charge in [-0.05, 0) is 51.6 Å². The summed E-state index contributed by atoms with van der Waals surface area (Å²) in [5, 5.41) is 6.32. The Hall–Kier alpha value is -2.67. The summed E-state index contributed by atoms with van der Waals surface area (Å²) in [6.45, 7) is 21.8. The number of benzene rings is 1. The molecule has 0 aliphatic heterocycles. The molecular weight excluding hydrogens is 478 g/mol. The molecule has 0 aromatic heterocycles. The zero-order valence-electron chi connectivity index (χ0n) is 25.9. The molecule has 0 saturated heterocycles. The molecule has 0 aliphatic rings. The van der Waals surface area contributed by atoms with Crippen LogP contribution in [0.4, 0.5) is 0 Å². The average molecular weight is 530 g/mol. The molecule has 0 unspecified atom stereocenters. The van der Waals surface area contributed by atoms with Gasteiger partial charge in [0.2, 0.25) is 11.8 Å². The molecule has 0 aliphatic carbocycles. The van der Waals surface area contributed by atoms with Crippen LogP contribution in [0.15, 0.2) is 29.8 Å². The maximum absolute atomic E-state index is 14.0. The molecule has 2 amide bonds. The largest absolute Gasteiger partial charge is 0.463 e. The van der Waals surface area contributed by atoms with Crippen molar-refractivity contribution in [2.24, 2.45) is 11.3 Å². The second kappa shape index (κ2) is 13.4. The van der Waals surface area contributed by atoms with Gasteiger partial charge >= 0.3 is 5.97 Å². The molecule has 7 heteroatoms. The van der Waals surface area contributed by atoms with Crippen molar-refractivity contribution in [2.75, 3.05) is 20.7 Å². The van der Waals surface area contributed by atoms with Gasteiger partial charge in [-0.25, -0.2) is 4.79 Å². The van der Waals surface area contributed by atoms with Crippen LogP contribution in [0, 0.1) is 25.2 Å². The first-order valence-corrected chi connectivity index (χ1v) is 13.6. The number of aryl methyl sites for hydroxylation is 2. The van der Waals surface area contributed by atoms with E-state index in [0.29, 0.717) is 5.57 Å². The molecule has 0 heterocycles. The van der Waals surface area contributed by atoms with Crippen LogP contribution in [0.5, 0.6) is 0 Å². The van der Waals surface area contributed by atoms with Crippen LogP contribution >= 0.6 is 0 Å². The van der Waals surface area contributed by atoms with Gasteiger partial charge in [0.25, 0.3) is 0 Å². The molecule has 38 heavy (non-hydrogen) atoms. The van der Waals surface area contributed by atoms with Gasteiger partial charge in [-0.15, -0.1) is 0 Å². The molecule has 0 bridgehead atoms. The standard InChI is InChI=1S/C31H51N3O4/c1-14-38-29(37)22(6)18-24(19(2)3)33-27(35)26(30(7,8)9)34(13)28(36)25(32-12)31(10,11)23-16-20(4)15-21(5)17-23/h15-19,24-26,32H,14H2,1-13H3,(H,33,35)/b22-18+/t24-,25+,26-/m1/s1. The highest BCUT2D eigenvalue weighted by molar-refractivity contribution is 5.92. The zero-order chi connectivity index (χ0) is 29.6. The first kappa shape index (κ1) is 33.4. The monoisotopic (exact) mass is 529 g/mol. The van der Waals surface area contributed by atoms with Gasteiger partial charge in [0, 0.05) is 18.0 Å². The number of nitrogens with one attached hydrogen (secondary N) is 2. The highest BCUT2D eigenvalue weighted by atomic mass is 16.5. The molecule has 1 aromatic rings. The van der Waals surface area contributed by atoms with E-state index in [2.05, 4.69) is 56.5 Å². The quantitative estimate of drug-likeness (QED) is 0.321. The highest BCUT2D eigenvalue weighted by Crippen LogP contribution is 2.32. The Morgan fingerprint density at radius 1 is 1.03 bits per heavy atom. The summed E-state index contributed by atoms with van der Waals surface area (Å²) < 4.78 is 5.10. The topological polar surface area (TPSA) is 87.7 Å². The molecule has 0 spiro atoms. The van der Waals surface area contributed by atoms with Crippen molar-refractivity contribution in [1.29, 1.82) is 0 Å². The lowest BCUT2D eigenvalue weighted by molar-refractivity contribution is -0.145. The number of carbonyl (C=O) groups excluding carboxylic acids is 3. The summed E-state index contributed by atoms with van der Waals surface area (Å²) in [7, 11) is 3.48. The van der Waals surface area contributed by atoms with E-state index in [1.54, 1.807) is 38.9 Å². The van der Waals surface area contributed by atoms with Crippen LogP contribution < -0.4 is 10.6 Å². The number of nitrogens with zero attached hydrogens (tertiary/aromatic N) is 1. The van der Waals surface area contributed by atoms with E-state index in [1.165, 1.54) is 0 Å². The number of amides is 2. The lowest BCUT2D eigenvalue weighted by Crippen LogP contribution is -2.61. The van der Waals surface area contributed by atoms with Gasteiger partial charge in [0.15, 0.2) is 0 Å². The van der Waals surface area contributed by atoms with Gasteiger partial charge in [-0.1, -0.05) is 83.9 Å². The number of hydrogen-bond acceptors (Lipinski definition) is 5. The first-order chi connectivity index (χ1) is 17.4. The molecule has 7 nitrogen and oxygen atoms in total. The molecule has 214 valence electrons. The predicted octanol–water partition coefficient (Wildman–Crippen LogP) is 4.69. The van der Waals surface area contributed by atoms with Crippen LogP contribution in [0.3, 0.4) is 0 Å². The highest BCUT2D eigenvalue weighted by Gasteiger charge is 2.43. The van der Waals surface area contributed by atoms with Crippen molar-refractivity contribution >= 4 is 17.8 Å². The number of carbonyl (C=O) groups is 3. The van der Waals surface area contributed by atoms with Gasteiger partial charge < -0.3 is 20.3 Å². The third-order valence-electron chi connectivity index (χ3n) is 7.08. The number of esters is 1. The summed E-state index contributed by atoms with van der Waals surface area (Å²) in [6.07, 6.45) is 1.74. The fraction of sp³-hybridized carbons (Fsp3) is 0.645. The molecule has 2 N–H and O–H groups in total. The summed E-state index contributed by atoms with van der Waals surface area (Å²) in [5.41, 5.74) is 2.71. The molecule has 1 aromatic carbocycles. The van der Waals surface area contributed by atoms with Crippen LogP contribution in [0.1, 0.15) is 79.0 Å². The molecule has 0 saturated carbocycles. The molecular formula is C31H51N3O4. The number of ether oxygens (including phenoxy) is 1. The van der Waals surface area contributed by atoms with E-state index >= 15 is 0 Å². The maximum atomic E-state index is 14.0. The normalized spacial score (nSPS) is 15.1. The van der Waals surface area contributed by atoms with Crippen molar-refractivity contribution in [1.82, 2.24) is 15.5 Å². The third kappa shape index (κ3) is 8.42. The SMILES string of the molecule is CCOC(=O)/C(C)=C/[C@@H](NC(=O)[C@@H](N(C)C(=O)[C@H](NC)C(C)(C)c1cc(C)cc(C)c1)C(C)(C)C)C(C)C. The minimum absolute atomic E-state index is 0.0264. The van der Waals surface area contributed by atoms with E-state index in [4.69, 9.17) is 4.74 Å². The molecule has 3 atom stereocenters. The van der Waals surface area contributed by atoms with Crippen LogP contribution in [-0.2, 0) is 24.5 Å². The van der Waals surface area contributed by atoms with E-state index < -0.39 is 34.9 Å². The number of rotatable bonds is 11. The van der Waals surface area contributed by atoms with Crippen LogP contribution in [0.2, 0.25) is 0 Å². The molecule has 0 fully saturated rings. The first-order valence-electron chi connectivity index (χ1n) is 13.6. The Morgan fingerprint density at radius 2 is 1.55 bits per heavy atom. The second-order valence-electron chi connectivity index (χ2n) is 12.4. The maximum Gasteiger partial charge on any atom is 0.333 e. The van der Waals surface area contributed by atoms with Crippen LogP contribution in [-0.4, -0.2) is 61.5 Å². The fourth-order valence-corrected chi connectivity index (χ4v) is 5.01. The van der Waals surface area contributed by atoms with E-state index in [-0.39, 0.29) is 24.3 Å². The van der Waals surface area contributed by atoms with E-state index in [1.807, 2.05) is 34.6 Å². The minimum atomic E-state index is -0.738. The lowest BCUT2D eigenvalue weighted by Gasteiger charge is -2.42. The van der Waals surface area contributed by atoms with E-state index in [9.17, 15) is 14.4 Å². The van der Waals surface area contributed by atoms with Gasteiger partial charge in [-0.2, -0.15) is 0 Å². The molecule has 1 rings (SSSR count). The Bertz CT molecular complexity index is 1000. The van der Waals surface area contributed by atoms with Crippen molar-refractivity contribution in [3.8, 4) is 0 Å². The Balaban J connectivity index is 3.37. The number of hydrogen-bond donors (Lipinski definition) is 2. The van der Waals surface area contributed by atoms with Crippen molar-refractivity contribution in [3.63, 3.8) is 0 Å². The van der Waals surface area contributed by atoms with Gasteiger partial charge in [-0.3, -0.25) is 9.59 Å². The van der Waals surface area contributed by atoms with Crippen molar-refractivity contribution in [2.45, 2.75) is 99.7 Å². The Labute approximate surface area is 230 Å². The van der Waals surface area contributed by atoms with Gasteiger partial charge in [0.1, 0.15) is 6.04 Å². The lowest BCUT2D eigenvalue weighted by atomic mass is 9.75. The molecule has 0 radical (unpaired) electrons. The van der Waals surface area contributed by atoms with Crippen LogP contribution in [0.25, 0.3) is 0 Å². The fourth-order valence-electron chi connectivity index (χ4n) is 5.01. The average Bonchev–Trinajstić information content (AvgIpc) is 2.77. The van der Waals surface area contributed by atoms with Crippen molar-refractivity contribution in [3.05, 3.63) is 46.5 Å². The zero-order valence-corrected chi connectivity index (χ0v) is 25.9. The second-order valence-corrected chi connectivity index (χ2v) is 12.4. The Kier molecular flexibility index (Phi) is 11.8. The minimum Gasteiger partial charge on any atom is -0.463 e. The summed E-state index contributed by atoms with van der Waals surface area (Å²) in [4.78, 5) is 41.5. The summed E-state index contributed by atoms with van der Waals surface area (Å²) >= 11 is 0. The smallest absolute Gasteiger partial charge is 0.333 e. The Morgan fingerprint density at radius 3 is 1.97 bits per heavy atom. The van der Waals surface area contributed by atoms with Crippen molar-refractivity contribution < 1.29 is 19.1 Å².